The van der Waals surface area contributed by atoms with Crippen molar-refractivity contribution in [3.05, 3.63) is 48.5 Å². The lowest BCUT2D eigenvalue weighted by molar-refractivity contribution is 0.262. The van der Waals surface area contributed by atoms with E-state index in [4.69, 9.17) is 9.47 Å². The summed E-state index contributed by atoms with van der Waals surface area (Å²) in [5.74, 6) is 1.48. The third-order valence-electron chi connectivity index (χ3n) is 3.55. The predicted molar refractivity (Wildman–Crippen MR) is 107 cm³/mol. The molecule has 0 unspecified atom stereocenters. The van der Waals surface area contributed by atoms with Crippen molar-refractivity contribution < 1.29 is 14.3 Å². The minimum atomic E-state index is -0.394. The van der Waals surface area contributed by atoms with Crippen LogP contribution in [-0.2, 0) is 0 Å². The van der Waals surface area contributed by atoms with E-state index in [1.807, 2.05) is 24.3 Å². The molecule has 0 spiro atoms. The van der Waals surface area contributed by atoms with Gasteiger partial charge in [0.1, 0.15) is 16.5 Å². The minimum absolute atomic E-state index is 0.394. The summed E-state index contributed by atoms with van der Waals surface area (Å²) in [7, 11) is 1.57. The van der Waals surface area contributed by atoms with Gasteiger partial charge in [0.05, 0.1) is 13.7 Å². The van der Waals surface area contributed by atoms with Gasteiger partial charge in [0.25, 0.3) is 0 Å². The number of rotatable bonds is 7. The van der Waals surface area contributed by atoms with Crippen LogP contribution in [0.3, 0.4) is 0 Å². The van der Waals surface area contributed by atoms with Crippen molar-refractivity contribution in [2.75, 3.05) is 24.4 Å². The maximum absolute atomic E-state index is 12.1. The summed E-state index contributed by atoms with van der Waals surface area (Å²) in [5.41, 5.74) is 1.54. The highest BCUT2D eigenvalue weighted by Crippen LogP contribution is 2.28. The fourth-order valence-electron chi connectivity index (χ4n) is 2.26. The van der Waals surface area contributed by atoms with Gasteiger partial charge >= 0.3 is 6.03 Å². The van der Waals surface area contributed by atoms with Crippen LogP contribution in [0, 0.1) is 0 Å². The van der Waals surface area contributed by atoms with Crippen molar-refractivity contribution in [3.8, 4) is 22.1 Å². The van der Waals surface area contributed by atoms with Gasteiger partial charge in [0.15, 0.2) is 0 Å². The van der Waals surface area contributed by atoms with E-state index in [0.717, 1.165) is 17.7 Å². The molecular weight excluding hydrogens is 364 g/mol. The average Bonchev–Trinajstić information content (AvgIpc) is 3.15. The second-order valence-electron chi connectivity index (χ2n) is 5.60. The zero-order chi connectivity index (χ0) is 19.1. The number of aromatic nitrogens is 2. The maximum Gasteiger partial charge on any atom is 0.325 e. The van der Waals surface area contributed by atoms with Crippen molar-refractivity contribution in [2.45, 2.75) is 13.3 Å². The highest BCUT2D eigenvalue weighted by Gasteiger charge is 2.10. The van der Waals surface area contributed by atoms with Crippen LogP contribution in [0.1, 0.15) is 13.3 Å². The van der Waals surface area contributed by atoms with Crippen LogP contribution in [-0.4, -0.2) is 29.9 Å². The number of hydrogen-bond acceptors (Lipinski definition) is 6. The molecule has 8 heteroatoms. The molecule has 3 aromatic rings. The fourth-order valence-corrected chi connectivity index (χ4v) is 3.01. The van der Waals surface area contributed by atoms with Crippen LogP contribution in [0.2, 0.25) is 0 Å². The average molecular weight is 384 g/mol. The fraction of sp³-hybridized carbons (Fsp3) is 0.211. The van der Waals surface area contributed by atoms with E-state index in [0.29, 0.717) is 28.2 Å². The molecule has 0 atom stereocenters. The Balaban J connectivity index is 1.60. The summed E-state index contributed by atoms with van der Waals surface area (Å²) in [5, 5.41) is 14.7. The molecule has 0 saturated carbocycles. The molecule has 0 radical (unpaired) electrons. The molecule has 7 nitrogen and oxygen atoms in total. The summed E-state index contributed by atoms with van der Waals surface area (Å²) in [6.07, 6.45) is 0.963. The van der Waals surface area contributed by atoms with Crippen LogP contribution < -0.4 is 20.1 Å². The number of nitrogens with one attached hydrogen (secondary N) is 2. The first-order chi connectivity index (χ1) is 13.2. The number of nitrogens with zero attached hydrogens (tertiary/aromatic N) is 2. The van der Waals surface area contributed by atoms with E-state index >= 15 is 0 Å². The quantitative estimate of drug-likeness (QED) is 0.619. The Morgan fingerprint density at radius 3 is 2.63 bits per heavy atom. The van der Waals surface area contributed by atoms with Gasteiger partial charge in [-0.05, 0) is 42.8 Å². The van der Waals surface area contributed by atoms with Crippen LogP contribution in [0.25, 0.3) is 10.6 Å². The smallest absolute Gasteiger partial charge is 0.325 e. The third-order valence-corrected chi connectivity index (χ3v) is 4.43. The normalized spacial score (nSPS) is 10.3. The Morgan fingerprint density at radius 1 is 1.07 bits per heavy atom. The molecule has 2 N–H and O–H groups in total. The highest BCUT2D eigenvalue weighted by molar-refractivity contribution is 7.18. The maximum atomic E-state index is 12.1. The predicted octanol–water partition coefficient (Wildman–Crippen LogP) is 4.65. The van der Waals surface area contributed by atoms with E-state index in [1.54, 1.807) is 31.4 Å². The number of anilines is 2. The van der Waals surface area contributed by atoms with Gasteiger partial charge in [-0.3, -0.25) is 5.32 Å². The lowest BCUT2D eigenvalue weighted by atomic mass is 10.2. The van der Waals surface area contributed by atoms with Crippen molar-refractivity contribution in [1.82, 2.24) is 10.2 Å². The minimum Gasteiger partial charge on any atom is -0.497 e. The first-order valence-electron chi connectivity index (χ1n) is 8.46. The second kappa shape index (κ2) is 9.00. The molecule has 0 aliphatic rings. The highest BCUT2D eigenvalue weighted by atomic mass is 32.1. The third kappa shape index (κ3) is 5.18. The summed E-state index contributed by atoms with van der Waals surface area (Å²) < 4.78 is 10.7. The topological polar surface area (TPSA) is 85.4 Å². The summed E-state index contributed by atoms with van der Waals surface area (Å²) in [6, 6.07) is 14.4. The van der Waals surface area contributed by atoms with Crippen molar-refractivity contribution in [1.29, 1.82) is 0 Å². The van der Waals surface area contributed by atoms with Crippen LogP contribution in [0.5, 0.6) is 11.5 Å². The summed E-state index contributed by atoms with van der Waals surface area (Å²) in [6.45, 7) is 2.75. The van der Waals surface area contributed by atoms with Crippen LogP contribution in [0.15, 0.2) is 48.5 Å². The Kier molecular flexibility index (Phi) is 6.22. The number of benzene rings is 2. The molecular formula is C19H20N4O3S. The Bertz CT molecular complexity index is 896. The largest absolute Gasteiger partial charge is 0.497 e. The van der Waals surface area contributed by atoms with E-state index in [2.05, 4.69) is 27.8 Å². The van der Waals surface area contributed by atoms with Crippen LogP contribution in [0.4, 0.5) is 15.6 Å². The van der Waals surface area contributed by atoms with E-state index in [1.165, 1.54) is 11.3 Å². The zero-order valence-corrected chi connectivity index (χ0v) is 15.9. The lowest BCUT2D eigenvalue weighted by Gasteiger charge is -2.06. The number of ether oxygens (including phenoxy) is 2. The number of methoxy groups -OCH3 is 1. The van der Waals surface area contributed by atoms with E-state index < -0.39 is 6.03 Å². The monoisotopic (exact) mass is 384 g/mol. The molecule has 0 aliphatic heterocycles. The number of amides is 2. The van der Waals surface area contributed by atoms with Gasteiger partial charge < -0.3 is 14.8 Å². The Morgan fingerprint density at radius 2 is 1.89 bits per heavy atom. The van der Waals surface area contributed by atoms with Gasteiger partial charge in [-0.15, -0.1) is 10.2 Å². The van der Waals surface area contributed by atoms with Crippen molar-refractivity contribution in [2.24, 2.45) is 0 Å². The lowest BCUT2D eigenvalue weighted by Crippen LogP contribution is -2.19. The van der Waals surface area contributed by atoms with Gasteiger partial charge in [-0.2, -0.15) is 0 Å². The second-order valence-corrected chi connectivity index (χ2v) is 6.57. The first kappa shape index (κ1) is 18.7. The molecule has 0 fully saturated rings. The molecule has 3 rings (SSSR count). The van der Waals surface area contributed by atoms with Gasteiger partial charge in [-0.1, -0.05) is 24.3 Å². The van der Waals surface area contributed by atoms with Crippen molar-refractivity contribution in [3.63, 3.8) is 0 Å². The molecule has 2 aromatic carbocycles. The van der Waals surface area contributed by atoms with Gasteiger partial charge in [0, 0.05) is 17.3 Å². The SMILES string of the molecule is CCCOc1ccc(-c2nnc(NC(=O)Nc3cccc(OC)c3)s2)cc1. The Hall–Kier alpha value is -3.13. The molecule has 0 saturated heterocycles. The molecule has 0 aliphatic carbocycles. The molecule has 27 heavy (non-hydrogen) atoms. The molecule has 140 valence electrons. The molecule has 2 amide bonds. The summed E-state index contributed by atoms with van der Waals surface area (Å²) in [4.78, 5) is 12.1. The number of carbonyl (C=O) groups excluding carboxylic acids is 1. The summed E-state index contributed by atoms with van der Waals surface area (Å²) >= 11 is 1.30. The van der Waals surface area contributed by atoms with Crippen LogP contribution >= 0.6 is 11.3 Å². The number of urea groups is 1. The first-order valence-corrected chi connectivity index (χ1v) is 9.28. The molecule has 1 heterocycles. The molecule has 1 aromatic heterocycles. The molecule has 0 bridgehead atoms. The van der Waals surface area contributed by atoms with E-state index in [-0.39, 0.29) is 0 Å². The zero-order valence-electron chi connectivity index (χ0n) is 15.1. The number of carbonyl (C=O) groups is 1. The Labute approximate surface area is 161 Å². The van der Waals surface area contributed by atoms with E-state index in [9.17, 15) is 4.79 Å². The standard InChI is InChI=1S/C19H20N4O3S/c1-3-11-26-15-9-7-13(8-10-15)17-22-23-19(27-17)21-18(24)20-14-5-4-6-16(12-14)25-2/h4-10,12H,3,11H2,1-2H3,(H2,20,21,23,24). The van der Waals surface area contributed by atoms with Gasteiger partial charge in [-0.25, -0.2) is 4.79 Å². The van der Waals surface area contributed by atoms with Gasteiger partial charge in [0.2, 0.25) is 5.13 Å². The number of hydrogen-bond donors (Lipinski definition) is 2. The van der Waals surface area contributed by atoms with Crippen molar-refractivity contribution >= 4 is 28.2 Å².